The summed E-state index contributed by atoms with van der Waals surface area (Å²) in [5.41, 5.74) is 1.23. The summed E-state index contributed by atoms with van der Waals surface area (Å²) in [5.74, 6) is 1.68. The molecule has 168 valence electrons. The van der Waals surface area contributed by atoms with Gasteiger partial charge < -0.3 is 9.47 Å². The molecular weight excluding hydrogens is 406 g/mol. The summed E-state index contributed by atoms with van der Waals surface area (Å²) in [6.45, 7) is 6.92. The molecule has 2 aromatic rings. The van der Waals surface area contributed by atoms with Gasteiger partial charge in [-0.05, 0) is 57.2 Å². The Morgan fingerprint density at radius 1 is 1.00 bits per heavy atom. The lowest BCUT2D eigenvalue weighted by Gasteiger charge is -2.35. The van der Waals surface area contributed by atoms with E-state index in [-0.39, 0.29) is 5.91 Å². The van der Waals surface area contributed by atoms with Gasteiger partial charge in [-0.3, -0.25) is 9.69 Å². The van der Waals surface area contributed by atoms with E-state index in [1.165, 1.54) is 31.2 Å². The van der Waals surface area contributed by atoms with Gasteiger partial charge in [0, 0.05) is 12.6 Å². The summed E-state index contributed by atoms with van der Waals surface area (Å²) in [6.07, 6.45) is 8.38. The summed E-state index contributed by atoms with van der Waals surface area (Å²) in [6, 6.07) is 10.9. The zero-order valence-corrected chi connectivity index (χ0v) is 19.5. The average Bonchev–Trinajstić information content (AvgIpc) is 3.19. The molecule has 1 atom stereocenters. The van der Waals surface area contributed by atoms with E-state index in [9.17, 15) is 4.79 Å². The summed E-state index contributed by atoms with van der Waals surface area (Å²) in [5, 5.41) is 9.92. The Bertz CT molecular complexity index is 834. The predicted octanol–water partition coefficient (Wildman–Crippen LogP) is 4.20. The van der Waals surface area contributed by atoms with Crippen molar-refractivity contribution in [3.05, 3.63) is 41.7 Å². The second kappa shape index (κ2) is 11.1. The van der Waals surface area contributed by atoms with E-state index >= 15 is 0 Å². The largest absolute Gasteiger partial charge is 0.339 e. The Labute approximate surface area is 190 Å². The van der Waals surface area contributed by atoms with Gasteiger partial charge in [0.1, 0.15) is 5.82 Å². The lowest BCUT2D eigenvalue weighted by molar-refractivity contribution is -0.132. The average molecular weight is 442 g/mol. The molecule has 1 aromatic carbocycles. The first kappa shape index (κ1) is 22.3. The minimum atomic E-state index is 0.239. The van der Waals surface area contributed by atoms with Crippen LogP contribution in [0, 0.1) is 0 Å². The zero-order chi connectivity index (χ0) is 21.5. The molecule has 2 aliphatic heterocycles. The molecular formula is C24H35N5OS. The fourth-order valence-electron chi connectivity index (χ4n) is 4.75. The number of hydrogen-bond donors (Lipinski definition) is 0. The van der Waals surface area contributed by atoms with E-state index in [4.69, 9.17) is 0 Å². The minimum absolute atomic E-state index is 0.239. The minimum Gasteiger partial charge on any atom is -0.339 e. The molecule has 2 aliphatic rings. The summed E-state index contributed by atoms with van der Waals surface area (Å²) in [7, 11) is 0. The Kier molecular flexibility index (Phi) is 8.03. The van der Waals surface area contributed by atoms with E-state index in [0.717, 1.165) is 63.0 Å². The van der Waals surface area contributed by atoms with Crippen LogP contribution in [-0.4, -0.2) is 61.9 Å². The predicted molar refractivity (Wildman–Crippen MR) is 125 cm³/mol. The van der Waals surface area contributed by atoms with Crippen molar-refractivity contribution < 1.29 is 4.79 Å². The first-order chi connectivity index (χ1) is 15.2. The van der Waals surface area contributed by atoms with Crippen LogP contribution in [0.1, 0.15) is 63.3 Å². The number of hydrogen-bond acceptors (Lipinski definition) is 5. The van der Waals surface area contributed by atoms with E-state index in [1.807, 2.05) is 6.07 Å². The molecule has 0 spiro atoms. The highest BCUT2D eigenvalue weighted by Crippen LogP contribution is 2.24. The lowest BCUT2D eigenvalue weighted by atomic mass is 10.0. The topological polar surface area (TPSA) is 54.3 Å². The van der Waals surface area contributed by atoms with Crippen LogP contribution in [0.25, 0.3) is 0 Å². The lowest BCUT2D eigenvalue weighted by Crippen LogP contribution is -2.44. The molecule has 2 fully saturated rings. The Morgan fingerprint density at radius 3 is 2.55 bits per heavy atom. The summed E-state index contributed by atoms with van der Waals surface area (Å²) < 4.78 is 2.22. The molecule has 7 heteroatoms. The standard InChI is InChI=1S/C24H35N5OS/c1-2-21-13-7-10-16-28(21)23(30)19-31-24-26-25-22(18-27-14-8-4-9-15-27)29(24)17-20-11-5-3-6-12-20/h3,5-6,11-12,21H,2,4,7-10,13-19H2,1H3. The highest BCUT2D eigenvalue weighted by molar-refractivity contribution is 7.99. The normalized spacial score (nSPS) is 20.2. The summed E-state index contributed by atoms with van der Waals surface area (Å²) in [4.78, 5) is 17.6. The SMILES string of the molecule is CCC1CCCCN1C(=O)CSc1nnc(CN2CCCCC2)n1Cc1ccccc1. The van der Waals surface area contributed by atoms with E-state index in [1.54, 1.807) is 11.8 Å². The van der Waals surface area contributed by atoms with Gasteiger partial charge in [0.05, 0.1) is 18.8 Å². The van der Waals surface area contributed by atoms with Crippen LogP contribution in [-0.2, 0) is 17.9 Å². The number of rotatable bonds is 8. The molecule has 1 unspecified atom stereocenters. The third kappa shape index (κ3) is 5.89. The molecule has 3 heterocycles. The van der Waals surface area contributed by atoms with Crippen molar-refractivity contribution in [2.24, 2.45) is 0 Å². The molecule has 1 amide bonds. The number of benzene rings is 1. The number of nitrogens with zero attached hydrogens (tertiary/aromatic N) is 5. The monoisotopic (exact) mass is 441 g/mol. The van der Waals surface area contributed by atoms with E-state index in [0.29, 0.717) is 11.8 Å². The maximum absolute atomic E-state index is 13.0. The van der Waals surface area contributed by atoms with E-state index < -0.39 is 0 Å². The van der Waals surface area contributed by atoms with Crippen LogP contribution in [0.3, 0.4) is 0 Å². The van der Waals surface area contributed by atoms with Crippen molar-refractivity contribution in [1.82, 2.24) is 24.6 Å². The van der Waals surface area contributed by atoms with Gasteiger partial charge in [0.15, 0.2) is 5.16 Å². The molecule has 0 N–H and O–H groups in total. The number of amides is 1. The van der Waals surface area contributed by atoms with E-state index in [2.05, 4.69) is 55.8 Å². The quantitative estimate of drug-likeness (QED) is 0.575. The molecule has 0 radical (unpaired) electrons. The molecule has 1 aromatic heterocycles. The first-order valence-electron chi connectivity index (χ1n) is 11.8. The Balaban J connectivity index is 1.47. The van der Waals surface area contributed by atoms with Crippen LogP contribution in [0.2, 0.25) is 0 Å². The summed E-state index contributed by atoms with van der Waals surface area (Å²) >= 11 is 1.54. The van der Waals surface area contributed by atoms with Crippen molar-refractivity contribution in [3.63, 3.8) is 0 Å². The van der Waals surface area contributed by atoms with Crippen molar-refractivity contribution in [3.8, 4) is 0 Å². The van der Waals surface area contributed by atoms with Crippen molar-refractivity contribution in [1.29, 1.82) is 0 Å². The van der Waals surface area contributed by atoms with Crippen molar-refractivity contribution in [2.75, 3.05) is 25.4 Å². The number of aromatic nitrogens is 3. The van der Waals surface area contributed by atoms with Gasteiger partial charge in [-0.25, -0.2) is 0 Å². The highest BCUT2D eigenvalue weighted by Gasteiger charge is 2.26. The molecule has 4 rings (SSSR count). The van der Waals surface area contributed by atoms with Gasteiger partial charge in [0.25, 0.3) is 0 Å². The highest BCUT2D eigenvalue weighted by atomic mass is 32.2. The number of likely N-dealkylation sites (tertiary alicyclic amines) is 2. The third-order valence-electron chi connectivity index (χ3n) is 6.53. The second-order valence-electron chi connectivity index (χ2n) is 8.74. The van der Waals surface area contributed by atoms with Gasteiger partial charge in [0.2, 0.25) is 5.91 Å². The molecule has 0 bridgehead atoms. The molecule has 0 aliphatic carbocycles. The maximum atomic E-state index is 13.0. The van der Waals surface area contributed by atoms with Crippen molar-refractivity contribution in [2.45, 2.75) is 76.2 Å². The van der Waals surface area contributed by atoms with Crippen LogP contribution < -0.4 is 0 Å². The van der Waals surface area contributed by atoms with Gasteiger partial charge in [-0.2, -0.15) is 0 Å². The van der Waals surface area contributed by atoms with Crippen LogP contribution in [0.15, 0.2) is 35.5 Å². The Morgan fingerprint density at radius 2 is 1.77 bits per heavy atom. The zero-order valence-electron chi connectivity index (χ0n) is 18.7. The molecule has 0 saturated carbocycles. The van der Waals surface area contributed by atoms with Gasteiger partial charge in [-0.1, -0.05) is 55.4 Å². The molecule has 31 heavy (non-hydrogen) atoms. The van der Waals surface area contributed by atoms with Crippen LogP contribution >= 0.6 is 11.8 Å². The van der Waals surface area contributed by atoms with Gasteiger partial charge in [-0.15, -0.1) is 10.2 Å². The fourth-order valence-corrected chi connectivity index (χ4v) is 5.59. The maximum Gasteiger partial charge on any atom is 0.233 e. The van der Waals surface area contributed by atoms with Crippen molar-refractivity contribution >= 4 is 17.7 Å². The second-order valence-corrected chi connectivity index (χ2v) is 9.68. The smallest absolute Gasteiger partial charge is 0.233 e. The third-order valence-corrected chi connectivity index (χ3v) is 7.49. The van der Waals surface area contributed by atoms with Gasteiger partial charge >= 0.3 is 0 Å². The Hall–Kier alpha value is -1.86. The first-order valence-corrected chi connectivity index (χ1v) is 12.8. The molecule has 6 nitrogen and oxygen atoms in total. The molecule has 2 saturated heterocycles. The number of carbonyl (C=O) groups is 1. The fraction of sp³-hybridized carbons (Fsp3) is 0.625. The van der Waals surface area contributed by atoms with Crippen LogP contribution in [0.5, 0.6) is 0 Å². The number of piperidine rings is 2. The number of carbonyl (C=O) groups excluding carboxylic acids is 1. The van der Waals surface area contributed by atoms with Crippen LogP contribution in [0.4, 0.5) is 0 Å². The number of thioether (sulfide) groups is 1.